The molecular formula is C28H25N3O5. The van der Waals surface area contributed by atoms with E-state index >= 15 is 0 Å². The van der Waals surface area contributed by atoms with Crippen molar-refractivity contribution >= 4 is 28.4 Å². The van der Waals surface area contributed by atoms with Crippen molar-refractivity contribution in [3.8, 4) is 11.5 Å². The monoisotopic (exact) mass is 483 g/mol. The van der Waals surface area contributed by atoms with Gasteiger partial charge in [-0.25, -0.2) is 0 Å². The first-order valence-corrected chi connectivity index (χ1v) is 11.5. The minimum Gasteiger partial charge on any atom is -0.507 e. The Morgan fingerprint density at radius 1 is 1.06 bits per heavy atom. The van der Waals surface area contributed by atoms with Crippen LogP contribution in [-0.4, -0.2) is 52.4 Å². The van der Waals surface area contributed by atoms with Gasteiger partial charge in [-0.05, 0) is 66.1 Å². The number of hydrogen-bond donors (Lipinski definition) is 2. The van der Waals surface area contributed by atoms with Gasteiger partial charge in [0.15, 0.2) is 0 Å². The van der Waals surface area contributed by atoms with E-state index in [1.54, 1.807) is 63.0 Å². The third-order valence-corrected chi connectivity index (χ3v) is 6.50. The van der Waals surface area contributed by atoms with Gasteiger partial charge in [-0.2, -0.15) is 0 Å². The lowest BCUT2D eigenvalue weighted by Gasteiger charge is -2.25. The van der Waals surface area contributed by atoms with Gasteiger partial charge in [-0.3, -0.25) is 14.6 Å². The van der Waals surface area contributed by atoms with Crippen molar-refractivity contribution in [3.05, 3.63) is 95.5 Å². The summed E-state index contributed by atoms with van der Waals surface area (Å²) in [4.78, 5) is 35.4. The van der Waals surface area contributed by atoms with E-state index in [0.717, 1.165) is 22.2 Å². The fourth-order valence-corrected chi connectivity index (χ4v) is 4.63. The van der Waals surface area contributed by atoms with Crippen LogP contribution in [0.2, 0.25) is 0 Å². The molecule has 2 aromatic carbocycles. The van der Waals surface area contributed by atoms with Gasteiger partial charge >= 0.3 is 0 Å². The molecule has 5 rings (SSSR count). The Bertz CT molecular complexity index is 1460. The van der Waals surface area contributed by atoms with Crippen LogP contribution in [0.15, 0.2) is 78.8 Å². The first-order valence-electron chi connectivity index (χ1n) is 11.5. The molecule has 8 heteroatoms. The molecule has 0 spiro atoms. The van der Waals surface area contributed by atoms with E-state index in [-0.39, 0.29) is 17.9 Å². The zero-order valence-corrected chi connectivity index (χ0v) is 19.9. The van der Waals surface area contributed by atoms with Crippen molar-refractivity contribution in [1.29, 1.82) is 0 Å². The minimum absolute atomic E-state index is 0.0405. The van der Waals surface area contributed by atoms with Crippen LogP contribution in [0, 0.1) is 0 Å². The zero-order chi connectivity index (χ0) is 25.2. The number of aliphatic hydroxyl groups is 1. The summed E-state index contributed by atoms with van der Waals surface area (Å²) in [5.41, 5.74) is 3.06. The molecule has 4 aromatic rings. The second-order valence-electron chi connectivity index (χ2n) is 8.48. The molecule has 0 bridgehead atoms. The number of methoxy groups -OCH3 is 2. The maximum absolute atomic E-state index is 13.2. The molecule has 1 aliphatic heterocycles. The smallest absolute Gasteiger partial charge is 0.295 e. The minimum atomic E-state index is -0.763. The molecule has 2 N–H and O–H groups in total. The SMILES string of the molecule is COc1ccc(/C(O)=C2/C(=O)C(=O)N(CCc3c[nH]c4ccc(OC)cc34)C2c2cccnc2)cc1. The van der Waals surface area contributed by atoms with Crippen molar-refractivity contribution in [1.82, 2.24) is 14.9 Å². The van der Waals surface area contributed by atoms with E-state index in [9.17, 15) is 14.7 Å². The molecule has 0 radical (unpaired) electrons. The Kier molecular flexibility index (Phi) is 6.16. The summed E-state index contributed by atoms with van der Waals surface area (Å²) in [6, 6.07) is 15.2. The summed E-state index contributed by atoms with van der Waals surface area (Å²) in [5.74, 6) is -0.261. The van der Waals surface area contributed by atoms with Gasteiger partial charge < -0.3 is 24.5 Å². The van der Waals surface area contributed by atoms with E-state index in [1.165, 1.54) is 4.90 Å². The molecule has 1 fully saturated rings. The second-order valence-corrected chi connectivity index (χ2v) is 8.48. The molecule has 1 aliphatic rings. The highest BCUT2D eigenvalue weighted by molar-refractivity contribution is 6.46. The highest BCUT2D eigenvalue weighted by Crippen LogP contribution is 2.39. The van der Waals surface area contributed by atoms with E-state index in [2.05, 4.69) is 9.97 Å². The number of aromatic nitrogens is 2. The van der Waals surface area contributed by atoms with Gasteiger partial charge in [0.25, 0.3) is 11.7 Å². The van der Waals surface area contributed by atoms with Crippen LogP contribution < -0.4 is 9.47 Å². The lowest BCUT2D eigenvalue weighted by Crippen LogP contribution is -2.31. The summed E-state index contributed by atoms with van der Waals surface area (Å²) >= 11 is 0. The Morgan fingerprint density at radius 3 is 2.50 bits per heavy atom. The number of aromatic amines is 1. The van der Waals surface area contributed by atoms with E-state index in [0.29, 0.717) is 23.3 Å². The van der Waals surface area contributed by atoms with E-state index in [1.807, 2.05) is 24.4 Å². The highest BCUT2D eigenvalue weighted by Gasteiger charge is 2.46. The quantitative estimate of drug-likeness (QED) is 0.231. The van der Waals surface area contributed by atoms with Crippen LogP contribution in [0.1, 0.15) is 22.7 Å². The van der Waals surface area contributed by atoms with Crippen LogP contribution in [0.3, 0.4) is 0 Å². The summed E-state index contributed by atoms with van der Waals surface area (Å²) in [7, 11) is 3.16. The number of nitrogens with one attached hydrogen (secondary N) is 1. The van der Waals surface area contributed by atoms with Crippen molar-refractivity contribution in [2.75, 3.05) is 20.8 Å². The summed E-state index contributed by atoms with van der Waals surface area (Å²) < 4.78 is 10.5. The molecule has 1 unspecified atom stereocenters. The lowest BCUT2D eigenvalue weighted by atomic mass is 9.96. The average Bonchev–Trinajstić information content (AvgIpc) is 3.44. The number of nitrogens with zero attached hydrogens (tertiary/aromatic N) is 2. The van der Waals surface area contributed by atoms with Crippen LogP contribution in [0.5, 0.6) is 11.5 Å². The summed E-state index contributed by atoms with van der Waals surface area (Å²) in [6.45, 7) is 0.272. The molecule has 182 valence electrons. The number of ether oxygens (including phenoxy) is 2. The Labute approximate surface area is 207 Å². The molecule has 8 nitrogen and oxygen atoms in total. The van der Waals surface area contributed by atoms with Crippen LogP contribution in [0.4, 0.5) is 0 Å². The van der Waals surface area contributed by atoms with Gasteiger partial charge in [0.05, 0.1) is 25.8 Å². The number of carbonyl (C=O) groups is 2. The van der Waals surface area contributed by atoms with Crippen molar-refractivity contribution in [2.45, 2.75) is 12.5 Å². The highest BCUT2D eigenvalue weighted by atomic mass is 16.5. The number of carbonyl (C=O) groups excluding carboxylic acids is 2. The Balaban J connectivity index is 1.53. The molecule has 3 heterocycles. The number of H-pyrrole nitrogens is 1. The standard InChI is InChI=1S/C28H25N3O5/c1-35-20-7-5-17(6-8-20)26(32)24-25(19-4-3-12-29-15-19)31(28(34)27(24)33)13-11-18-16-30-23-10-9-21(36-2)14-22(18)23/h3-10,12,14-16,25,30,32H,11,13H2,1-2H3/b26-24-. The molecule has 2 aromatic heterocycles. The first-order chi connectivity index (χ1) is 17.5. The second kappa shape index (κ2) is 9.58. The van der Waals surface area contributed by atoms with Gasteiger partial charge in [0, 0.05) is 41.6 Å². The van der Waals surface area contributed by atoms with Gasteiger partial charge in [0.1, 0.15) is 17.3 Å². The number of fused-ring (bicyclic) bond motifs is 1. The number of ketones is 1. The predicted molar refractivity (Wildman–Crippen MR) is 135 cm³/mol. The maximum Gasteiger partial charge on any atom is 0.295 e. The van der Waals surface area contributed by atoms with E-state index < -0.39 is 17.7 Å². The Morgan fingerprint density at radius 2 is 1.81 bits per heavy atom. The molecule has 1 saturated heterocycles. The topological polar surface area (TPSA) is 105 Å². The van der Waals surface area contributed by atoms with Crippen molar-refractivity contribution < 1.29 is 24.2 Å². The number of pyridine rings is 1. The molecule has 0 saturated carbocycles. The molecular weight excluding hydrogens is 458 g/mol. The fourth-order valence-electron chi connectivity index (χ4n) is 4.63. The number of aliphatic hydroxyl groups excluding tert-OH is 1. The number of benzene rings is 2. The molecule has 0 aliphatic carbocycles. The third kappa shape index (κ3) is 4.07. The first kappa shape index (κ1) is 23.2. The summed E-state index contributed by atoms with van der Waals surface area (Å²) in [6.07, 6.45) is 5.64. The number of rotatable bonds is 7. The number of Topliss-reactive ketones (excluding diaryl/α,β-unsaturated/α-hetero) is 1. The maximum atomic E-state index is 13.2. The Hall–Kier alpha value is -4.59. The fraction of sp³-hybridized carbons (Fsp3) is 0.179. The van der Waals surface area contributed by atoms with Crippen LogP contribution in [-0.2, 0) is 16.0 Å². The molecule has 36 heavy (non-hydrogen) atoms. The molecule has 1 amide bonds. The average molecular weight is 484 g/mol. The van der Waals surface area contributed by atoms with Crippen LogP contribution >= 0.6 is 0 Å². The number of amides is 1. The van der Waals surface area contributed by atoms with Gasteiger partial charge in [-0.1, -0.05) is 6.07 Å². The van der Waals surface area contributed by atoms with E-state index in [4.69, 9.17) is 9.47 Å². The number of hydrogen-bond acceptors (Lipinski definition) is 6. The summed E-state index contributed by atoms with van der Waals surface area (Å²) in [5, 5.41) is 12.2. The van der Waals surface area contributed by atoms with Crippen molar-refractivity contribution in [2.24, 2.45) is 0 Å². The number of likely N-dealkylation sites (tertiary alicyclic amines) is 1. The third-order valence-electron chi connectivity index (χ3n) is 6.50. The van der Waals surface area contributed by atoms with Gasteiger partial charge in [-0.15, -0.1) is 0 Å². The predicted octanol–water partition coefficient (Wildman–Crippen LogP) is 4.24. The molecule has 1 atom stereocenters. The normalized spacial score (nSPS) is 17.1. The largest absolute Gasteiger partial charge is 0.507 e. The lowest BCUT2D eigenvalue weighted by molar-refractivity contribution is -0.139. The van der Waals surface area contributed by atoms with Crippen molar-refractivity contribution in [3.63, 3.8) is 0 Å². The van der Waals surface area contributed by atoms with Crippen LogP contribution in [0.25, 0.3) is 16.7 Å². The zero-order valence-electron chi connectivity index (χ0n) is 19.9. The van der Waals surface area contributed by atoms with Gasteiger partial charge in [0.2, 0.25) is 0 Å².